The lowest BCUT2D eigenvalue weighted by Gasteiger charge is -2.28. The Bertz CT molecular complexity index is 667. The van der Waals surface area contributed by atoms with Crippen LogP contribution in [-0.4, -0.2) is 22.6 Å². The average molecular weight is 308 g/mol. The molecule has 0 saturated heterocycles. The Balaban J connectivity index is 2.25. The molecule has 0 aliphatic carbocycles. The lowest BCUT2D eigenvalue weighted by Crippen LogP contribution is -2.54. The van der Waals surface area contributed by atoms with E-state index in [9.17, 15) is 18.0 Å². The molecule has 1 N–H and O–H groups in total. The molecular weight excluding hydrogens is 293 g/mol. The van der Waals surface area contributed by atoms with E-state index in [1.54, 1.807) is 42.7 Å². The van der Waals surface area contributed by atoms with E-state index in [-0.39, 0.29) is 5.56 Å². The lowest BCUT2D eigenvalue weighted by atomic mass is 10.0. The zero-order valence-electron chi connectivity index (χ0n) is 12.1. The van der Waals surface area contributed by atoms with Crippen molar-refractivity contribution in [2.75, 3.05) is 0 Å². The van der Waals surface area contributed by atoms with Crippen molar-refractivity contribution in [1.29, 1.82) is 0 Å². The minimum atomic E-state index is -4.52. The summed E-state index contributed by atoms with van der Waals surface area (Å²) in [7, 11) is 0. The minimum Gasteiger partial charge on any atom is -0.338 e. The first-order valence-electron chi connectivity index (χ1n) is 6.60. The second-order valence-corrected chi connectivity index (χ2v) is 5.39. The predicted octanol–water partition coefficient (Wildman–Crippen LogP) is 3.82. The summed E-state index contributed by atoms with van der Waals surface area (Å²) in [6, 6.07) is 9.96. The minimum absolute atomic E-state index is 0.173. The second-order valence-electron chi connectivity index (χ2n) is 5.39. The van der Waals surface area contributed by atoms with Gasteiger partial charge in [-0.2, -0.15) is 13.2 Å². The Hall–Kier alpha value is -2.37. The molecule has 116 valence electrons. The van der Waals surface area contributed by atoms with Crippen molar-refractivity contribution in [3.05, 3.63) is 54.4 Å². The molecule has 0 unspecified atom stereocenters. The fourth-order valence-electron chi connectivity index (χ4n) is 1.81. The number of nitrogens with zero attached hydrogens (tertiary/aromatic N) is 1. The third-order valence-electron chi connectivity index (χ3n) is 3.27. The van der Waals surface area contributed by atoms with Crippen molar-refractivity contribution < 1.29 is 18.0 Å². The SMILES string of the molecule is CC(C)(NC(=O)c1cccc(-c2ccncc2)c1)C(F)(F)F. The average Bonchev–Trinajstić information content (AvgIpc) is 2.47. The van der Waals surface area contributed by atoms with Crippen molar-refractivity contribution >= 4 is 5.91 Å². The lowest BCUT2D eigenvalue weighted by molar-refractivity contribution is -0.182. The Morgan fingerprint density at radius 1 is 1.05 bits per heavy atom. The second kappa shape index (κ2) is 5.79. The third kappa shape index (κ3) is 3.44. The van der Waals surface area contributed by atoms with Crippen molar-refractivity contribution in [1.82, 2.24) is 10.3 Å². The van der Waals surface area contributed by atoms with Crippen LogP contribution in [0.15, 0.2) is 48.8 Å². The molecule has 2 rings (SSSR count). The molecule has 0 atom stereocenters. The summed E-state index contributed by atoms with van der Waals surface area (Å²) in [5, 5.41) is 2.01. The number of nitrogens with one attached hydrogen (secondary N) is 1. The van der Waals surface area contributed by atoms with Gasteiger partial charge in [-0.05, 0) is 49.2 Å². The molecule has 1 aromatic carbocycles. The van der Waals surface area contributed by atoms with Crippen LogP contribution in [-0.2, 0) is 0 Å². The highest BCUT2D eigenvalue weighted by molar-refractivity contribution is 5.96. The molecule has 0 radical (unpaired) electrons. The first-order valence-corrected chi connectivity index (χ1v) is 6.60. The summed E-state index contributed by atoms with van der Waals surface area (Å²) in [5.74, 6) is -0.766. The Kier molecular flexibility index (Phi) is 4.21. The number of hydrogen-bond acceptors (Lipinski definition) is 2. The molecule has 6 heteroatoms. The quantitative estimate of drug-likeness (QED) is 0.936. The molecule has 0 aliphatic rings. The Labute approximate surface area is 126 Å². The third-order valence-corrected chi connectivity index (χ3v) is 3.27. The van der Waals surface area contributed by atoms with Gasteiger partial charge in [0.05, 0.1) is 0 Å². The van der Waals surface area contributed by atoms with Crippen LogP contribution in [0.2, 0.25) is 0 Å². The maximum Gasteiger partial charge on any atom is 0.410 e. The summed E-state index contributed by atoms with van der Waals surface area (Å²) in [6.45, 7) is 1.86. The maximum absolute atomic E-state index is 12.8. The number of amides is 1. The van der Waals surface area contributed by atoms with Crippen LogP contribution in [0.1, 0.15) is 24.2 Å². The summed E-state index contributed by atoms with van der Waals surface area (Å²) in [6.07, 6.45) is -1.31. The van der Waals surface area contributed by atoms with Crippen molar-refractivity contribution in [2.24, 2.45) is 0 Å². The molecule has 1 aromatic heterocycles. The molecule has 0 aliphatic heterocycles. The van der Waals surface area contributed by atoms with Crippen molar-refractivity contribution in [3.8, 4) is 11.1 Å². The maximum atomic E-state index is 12.8. The van der Waals surface area contributed by atoms with Gasteiger partial charge in [-0.3, -0.25) is 9.78 Å². The Morgan fingerprint density at radius 3 is 2.27 bits per heavy atom. The van der Waals surface area contributed by atoms with Crippen LogP contribution in [0, 0.1) is 0 Å². The van der Waals surface area contributed by atoms with Crippen LogP contribution in [0.3, 0.4) is 0 Å². The summed E-state index contributed by atoms with van der Waals surface area (Å²) >= 11 is 0. The molecule has 2 aromatic rings. The van der Waals surface area contributed by atoms with Gasteiger partial charge in [0.25, 0.3) is 5.91 Å². The van der Waals surface area contributed by atoms with Gasteiger partial charge < -0.3 is 5.32 Å². The van der Waals surface area contributed by atoms with Gasteiger partial charge in [-0.25, -0.2) is 0 Å². The number of rotatable bonds is 3. The van der Waals surface area contributed by atoms with E-state index in [2.05, 4.69) is 4.98 Å². The molecular formula is C16H15F3N2O. The molecule has 22 heavy (non-hydrogen) atoms. The van der Waals surface area contributed by atoms with Gasteiger partial charge in [0.15, 0.2) is 0 Å². The molecule has 3 nitrogen and oxygen atoms in total. The van der Waals surface area contributed by atoms with Crippen LogP contribution in [0.4, 0.5) is 13.2 Å². The number of aromatic nitrogens is 1. The predicted molar refractivity (Wildman–Crippen MR) is 77.3 cm³/mol. The van der Waals surface area contributed by atoms with Crippen LogP contribution in [0.5, 0.6) is 0 Å². The van der Waals surface area contributed by atoms with Crippen LogP contribution in [0.25, 0.3) is 11.1 Å². The van der Waals surface area contributed by atoms with E-state index in [0.29, 0.717) is 0 Å². The molecule has 0 saturated carbocycles. The number of alkyl halides is 3. The number of benzene rings is 1. The molecule has 1 amide bonds. The number of carbonyl (C=O) groups excluding carboxylic acids is 1. The van der Waals surface area contributed by atoms with E-state index in [4.69, 9.17) is 0 Å². The van der Waals surface area contributed by atoms with Gasteiger partial charge in [-0.15, -0.1) is 0 Å². The van der Waals surface area contributed by atoms with Crippen molar-refractivity contribution in [3.63, 3.8) is 0 Å². The Morgan fingerprint density at radius 2 is 1.68 bits per heavy atom. The van der Waals surface area contributed by atoms with Gasteiger partial charge in [0, 0.05) is 18.0 Å². The highest BCUT2D eigenvalue weighted by atomic mass is 19.4. The number of halogens is 3. The summed E-state index contributed by atoms with van der Waals surface area (Å²) in [4.78, 5) is 16.0. The van der Waals surface area contributed by atoms with Crippen molar-refractivity contribution in [2.45, 2.75) is 25.6 Å². The van der Waals surface area contributed by atoms with Crippen LogP contribution < -0.4 is 5.32 Å². The number of pyridine rings is 1. The van der Waals surface area contributed by atoms with E-state index < -0.39 is 17.6 Å². The van der Waals surface area contributed by atoms with Gasteiger partial charge in [0.1, 0.15) is 5.54 Å². The largest absolute Gasteiger partial charge is 0.410 e. The molecule has 0 fully saturated rings. The van der Waals surface area contributed by atoms with E-state index in [1.807, 2.05) is 5.32 Å². The fourth-order valence-corrected chi connectivity index (χ4v) is 1.81. The molecule has 0 bridgehead atoms. The van der Waals surface area contributed by atoms with Crippen LogP contribution >= 0.6 is 0 Å². The topological polar surface area (TPSA) is 42.0 Å². The smallest absolute Gasteiger partial charge is 0.338 e. The first kappa shape index (κ1) is 16.0. The molecule has 0 spiro atoms. The zero-order chi connectivity index (χ0) is 16.4. The summed E-state index contributed by atoms with van der Waals surface area (Å²) < 4.78 is 38.5. The highest BCUT2D eigenvalue weighted by Gasteiger charge is 2.48. The number of hydrogen-bond donors (Lipinski definition) is 1. The summed E-state index contributed by atoms with van der Waals surface area (Å²) in [5.41, 5.74) is -0.553. The first-order chi connectivity index (χ1) is 10.2. The van der Waals surface area contributed by atoms with E-state index in [0.717, 1.165) is 25.0 Å². The monoisotopic (exact) mass is 308 g/mol. The van der Waals surface area contributed by atoms with Gasteiger partial charge in [-0.1, -0.05) is 12.1 Å². The highest BCUT2D eigenvalue weighted by Crippen LogP contribution is 2.30. The zero-order valence-corrected chi connectivity index (χ0v) is 12.1. The standard InChI is InChI=1S/C16H15F3N2O/c1-15(2,16(17,18)19)21-14(22)13-5-3-4-12(10-13)11-6-8-20-9-7-11/h3-10H,1-2H3,(H,21,22). The molecule has 1 heterocycles. The van der Waals surface area contributed by atoms with E-state index >= 15 is 0 Å². The normalized spacial score (nSPS) is 12.0. The van der Waals surface area contributed by atoms with E-state index in [1.165, 1.54) is 6.07 Å². The fraction of sp³-hybridized carbons (Fsp3) is 0.250. The number of carbonyl (C=O) groups is 1. The van der Waals surface area contributed by atoms with Gasteiger partial charge in [0.2, 0.25) is 0 Å². The van der Waals surface area contributed by atoms with Gasteiger partial charge >= 0.3 is 6.18 Å².